The molecule has 0 saturated heterocycles. The van der Waals surface area contributed by atoms with E-state index in [0.717, 1.165) is 0 Å². The second-order valence-corrected chi connectivity index (χ2v) is 6.66. The van der Waals surface area contributed by atoms with Crippen molar-refractivity contribution in [3.05, 3.63) is 64.2 Å². The monoisotopic (exact) mass is 375 g/mol. The van der Waals surface area contributed by atoms with Gasteiger partial charge in [-0.25, -0.2) is 0 Å². The highest BCUT2D eigenvalue weighted by Crippen LogP contribution is 2.26. The van der Waals surface area contributed by atoms with E-state index in [-0.39, 0.29) is 18.1 Å². The zero-order valence-electron chi connectivity index (χ0n) is 14.2. The Balaban J connectivity index is 1.90. The number of methoxy groups -OCH3 is 1. The molecule has 0 radical (unpaired) electrons. The molecule has 2 aromatic rings. The van der Waals surface area contributed by atoms with Crippen LogP contribution in [0.15, 0.2) is 53.4 Å². The highest BCUT2D eigenvalue weighted by Gasteiger charge is 2.19. The van der Waals surface area contributed by atoms with Crippen LogP contribution in [0.2, 0.25) is 0 Å². The summed E-state index contributed by atoms with van der Waals surface area (Å²) in [5.74, 6) is -0.484. The number of nitro groups is 1. The van der Waals surface area contributed by atoms with Crippen molar-refractivity contribution in [1.82, 2.24) is 0 Å². The van der Waals surface area contributed by atoms with E-state index in [4.69, 9.17) is 9.47 Å². The quantitative estimate of drug-likeness (QED) is 0.229. The van der Waals surface area contributed by atoms with Crippen molar-refractivity contribution in [2.45, 2.75) is 17.1 Å². The fraction of sp³-hybridized carbons (Fsp3) is 0.222. The number of hydrogen-bond donors (Lipinski definition) is 0. The molecule has 0 bridgehead atoms. The van der Waals surface area contributed by atoms with Crippen LogP contribution in [0, 0.1) is 10.1 Å². The van der Waals surface area contributed by atoms with E-state index >= 15 is 0 Å². The Labute approximate surface area is 154 Å². The summed E-state index contributed by atoms with van der Waals surface area (Å²) in [7, 11) is 1.46. The maximum Gasteiger partial charge on any atom is 0.319 e. The van der Waals surface area contributed by atoms with Gasteiger partial charge in [0.1, 0.15) is 11.0 Å². The van der Waals surface area contributed by atoms with Crippen LogP contribution in [-0.4, -0.2) is 35.6 Å². The number of ketones is 1. The van der Waals surface area contributed by atoms with E-state index < -0.39 is 16.1 Å². The maximum atomic E-state index is 12.2. The van der Waals surface area contributed by atoms with Crippen LogP contribution >= 0.6 is 11.8 Å². The van der Waals surface area contributed by atoms with Crippen molar-refractivity contribution < 1.29 is 24.0 Å². The number of thioether (sulfide) groups is 1. The first-order valence-corrected chi connectivity index (χ1v) is 8.54. The maximum absolute atomic E-state index is 12.2. The lowest BCUT2D eigenvalue weighted by Crippen LogP contribution is -2.21. The minimum Gasteiger partial charge on any atom is -0.496 e. The van der Waals surface area contributed by atoms with Gasteiger partial charge in [-0.15, -0.1) is 11.8 Å². The average Bonchev–Trinajstić information content (AvgIpc) is 2.66. The number of nitro benzene ring substituents is 1. The molecule has 0 unspecified atom stereocenters. The van der Waals surface area contributed by atoms with Crippen molar-refractivity contribution >= 4 is 29.2 Å². The minimum absolute atomic E-state index is 0.0213. The summed E-state index contributed by atoms with van der Waals surface area (Å²) < 4.78 is 10.2. The third-order valence-electron chi connectivity index (χ3n) is 3.45. The number of ether oxygens (including phenoxy) is 2. The van der Waals surface area contributed by atoms with Crippen molar-refractivity contribution in [3.63, 3.8) is 0 Å². The predicted molar refractivity (Wildman–Crippen MR) is 96.7 cm³/mol. The molecule has 0 saturated carbocycles. The van der Waals surface area contributed by atoms with Crippen LogP contribution in [0.4, 0.5) is 5.69 Å². The minimum atomic E-state index is -0.568. The van der Waals surface area contributed by atoms with Gasteiger partial charge in [0.15, 0.2) is 6.61 Å². The summed E-state index contributed by atoms with van der Waals surface area (Å²) in [5, 5.41) is 10.1. The summed E-state index contributed by atoms with van der Waals surface area (Å²) in [6.45, 7) is 1.26. The molecule has 0 aliphatic carbocycles. The molecule has 0 aromatic heterocycles. The van der Waals surface area contributed by atoms with Crippen molar-refractivity contribution in [1.29, 1.82) is 0 Å². The first-order chi connectivity index (χ1) is 12.4. The van der Waals surface area contributed by atoms with Crippen LogP contribution in [0.25, 0.3) is 0 Å². The van der Waals surface area contributed by atoms with Crippen LogP contribution in [0.3, 0.4) is 0 Å². The second-order valence-electron chi connectivity index (χ2n) is 5.24. The number of rotatable bonds is 8. The number of para-hydroxylation sites is 1. The Kier molecular flexibility index (Phi) is 6.74. The Morgan fingerprint density at radius 1 is 1.15 bits per heavy atom. The summed E-state index contributed by atoms with van der Waals surface area (Å²) in [5.41, 5.74) is 0.324. The molecule has 136 valence electrons. The van der Waals surface area contributed by atoms with Gasteiger partial charge in [0, 0.05) is 17.0 Å². The van der Waals surface area contributed by atoms with Crippen molar-refractivity contribution in [2.24, 2.45) is 0 Å². The van der Waals surface area contributed by atoms with Gasteiger partial charge in [-0.2, -0.15) is 0 Å². The van der Waals surface area contributed by atoms with Gasteiger partial charge in [0.25, 0.3) is 5.69 Å². The van der Waals surface area contributed by atoms with E-state index in [2.05, 4.69) is 0 Å². The first kappa shape index (κ1) is 19.5. The van der Waals surface area contributed by atoms with Crippen molar-refractivity contribution in [3.8, 4) is 5.75 Å². The van der Waals surface area contributed by atoms with Crippen LogP contribution in [0.1, 0.15) is 17.3 Å². The molecule has 26 heavy (non-hydrogen) atoms. The molecule has 0 amide bonds. The van der Waals surface area contributed by atoms with E-state index in [1.807, 2.05) is 0 Å². The SMILES string of the molecule is COc1ccccc1C(=O)COC(=O)[C@@H](C)Sc1ccc([N+](=O)[O-])cc1. The van der Waals surface area contributed by atoms with E-state index in [1.54, 1.807) is 43.3 Å². The highest BCUT2D eigenvalue weighted by molar-refractivity contribution is 8.00. The van der Waals surface area contributed by atoms with Gasteiger partial charge < -0.3 is 9.47 Å². The summed E-state index contributed by atoms with van der Waals surface area (Å²) in [6.07, 6.45) is 0. The number of carbonyl (C=O) groups excluding carboxylic acids is 2. The fourth-order valence-corrected chi connectivity index (χ4v) is 2.97. The highest BCUT2D eigenvalue weighted by atomic mass is 32.2. The van der Waals surface area contributed by atoms with Gasteiger partial charge in [0.05, 0.1) is 17.6 Å². The van der Waals surface area contributed by atoms with E-state index in [9.17, 15) is 19.7 Å². The smallest absolute Gasteiger partial charge is 0.319 e. The molecule has 0 aliphatic heterocycles. The molecule has 2 aromatic carbocycles. The van der Waals surface area contributed by atoms with E-state index in [1.165, 1.54) is 31.0 Å². The molecule has 7 nitrogen and oxygen atoms in total. The number of non-ortho nitro benzene ring substituents is 1. The Bertz CT molecular complexity index is 806. The number of nitrogens with zero attached hydrogens (tertiary/aromatic N) is 1. The molecular formula is C18H17NO6S. The third kappa shape index (κ3) is 5.06. The van der Waals surface area contributed by atoms with Gasteiger partial charge in [-0.05, 0) is 31.2 Å². The average molecular weight is 375 g/mol. The summed E-state index contributed by atoms with van der Waals surface area (Å²) in [6, 6.07) is 12.6. The number of Topliss-reactive ketones (excluding diaryl/α,β-unsaturated/α-hetero) is 1. The molecule has 1 atom stereocenters. The van der Waals surface area contributed by atoms with Gasteiger partial charge >= 0.3 is 5.97 Å². The van der Waals surface area contributed by atoms with Gasteiger partial charge in [-0.3, -0.25) is 19.7 Å². The number of hydrogen-bond acceptors (Lipinski definition) is 7. The Morgan fingerprint density at radius 2 is 1.81 bits per heavy atom. The number of benzene rings is 2. The molecule has 0 aliphatic rings. The van der Waals surface area contributed by atoms with Crippen LogP contribution in [0.5, 0.6) is 5.75 Å². The lowest BCUT2D eigenvalue weighted by Gasteiger charge is -2.12. The largest absolute Gasteiger partial charge is 0.496 e. The molecule has 0 heterocycles. The van der Waals surface area contributed by atoms with Gasteiger partial charge in [0.2, 0.25) is 5.78 Å². The zero-order chi connectivity index (χ0) is 19.1. The van der Waals surface area contributed by atoms with Gasteiger partial charge in [-0.1, -0.05) is 12.1 Å². The zero-order valence-corrected chi connectivity index (χ0v) is 15.0. The van der Waals surface area contributed by atoms with E-state index in [0.29, 0.717) is 16.2 Å². The number of esters is 1. The summed E-state index contributed by atoms with van der Waals surface area (Å²) in [4.78, 5) is 35.1. The normalized spacial score (nSPS) is 11.5. The second kappa shape index (κ2) is 9.00. The lowest BCUT2D eigenvalue weighted by atomic mass is 10.1. The molecule has 0 spiro atoms. The molecule has 2 rings (SSSR count). The Hall–Kier alpha value is -2.87. The topological polar surface area (TPSA) is 95.7 Å². The lowest BCUT2D eigenvalue weighted by molar-refractivity contribution is -0.384. The summed E-state index contributed by atoms with van der Waals surface area (Å²) >= 11 is 1.19. The number of carbonyl (C=O) groups is 2. The molecule has 0 fully saturated rings. The van der Waals surface area contributed by atoms with Crippen molar-refractivity contribution in [2.75, 3.05) is 13.7 Å². The van der Waals surface area contributed by atoms with Crippen LogP contribution < -0.4 is 4.74 Å². The Morgan fingerprint density at radius 3 is 2.42 bits per heavy atom. The first-order valence-electron chi connectivity index (χ1n) is 7.66. The third-order valence-corrected chi connectivity index (χ3v) is 4.54. The van der Waals surface area contributed by atoms with Crippen LogP contribution in [-0.2, 0) is 9.53 Å². The molecule has 8 heteroatoms. The predicted octanol–water partition coefficient (Wildman–Crippen LogP) is 3.51. The standard InChI is InChI=1S/C18H17NO6S/c1-12(26-14-9-7-13(8-10-14)19(22)23)18(21)25-11-16(20)15-5-3-4-6-17(15)24-2/h3-10,12H,11H2,1-2H3/t12-/m1/s1. The molecular weight excluding hydrogens is 358 g/mol. The fourth-order valence-electron chi connectivity index (χ4n) is 2.11. The molecule has 0 N–H and O–H groups in total.